The minimum absolute atomic E-state index is 0.446. The van der Waals surface area contributed by atoms with Gasteiger partial charge in [-0.25, -0.2) is 0 Å². The van der Waals surface area contributed by atoms with Gasteiger partial charge in [0.25, 0.3) is 0 Å². The number of fused-ring (bicyclic) bond motifs is 2. The van der Waals surface area contributed by atoms with Crippen molar-refractivity contribution in [3.63, 3.8) is 0 Å². The predicted octanol–water partition coefficient (Wildman–Crippen LogP) is 1.99. The number of nitrogens with zero attached hydrogens (tertiary/aromatic N) is 1. The number of rotatable bonds is 6. The fourth-order valence-electron chi connectivity index (χ4n) is 4.54. The molecule has 1 aliphatic heterocycles. The minimum atomic E-state index is -1.51. The van der Waals surface area contributed by atoms with Crippen LogP contribution in [0.5, 0.6) is 5.75 Å². The smallest absolute Gasteiger partial charge is 0.229 e. The van der Waals surface area contributed by atoms with E-state index in [9.17, 15) is 20.4 Å². The van der Waals surface area contributed by atoms with E-state index in [4.69, 9.17) is 9.47 Å². The van der Waals surface area contributed by atoms with Crippen LogP contribution < -0.4 is 4.74 Å². The second-order valence-electron chi connectivity index (χ2n) is 8.86. The van der Waals surface area contributed by atoms with Gasteiger partial charge in [-0.1, -0.05) is 42.5 Å². The Hall–Kier alpha value is -3.01. The van der Waals surface area contributed by atoms with E-state index >= 15 is 0 Å². The van der Waals surface area contributed by atoms with Crippen LogP contribution in [-0.2, 0) is 17.6 Å². The monoisotopic (exact) mass is 464 g/mol. The number of nitrogens with one attached hydrogen (secondary N) is 1. The van der Waals surface area contributed by atoms with Gasteiger partial charge in [0.1, 0.15) is 30.2 Å². The van der Waals surface area contributed by atoms with Crippen molar-refractivity contribution in [1.29, 1.82) is 0 Å². The van der Waals surface area contributed by atoms with Crippen LogP contribution in [-0.4, -0.2) is 67.9 Å². The first kappa shape index (κ1) is 22.8. The Labute approximate surface area is 196 Å². The van der Waals surface area contributed by atoms with Crippen molar-refractivity contribution in [2.45, 2.75) is 50.5 Å². The van der Waals surface area contributed by atoms with Crippen molar-refractivity contribution < 1.29 is 29.9 Å². The van der Waals surface area contributed by atoms with Crippen LogP contribution in [0.2, 0.25) is 0 Å². The lowest BCUT2D eigenvalue weighted by Crippen LogP contribution is -2.60. The highest BCUT2D eigenvalue weighted by molar-refractivity contribution is 5.88. The molecule has 34 heavy (non-hydrogen) atoms. The molecule has 5 rings (SSSR count). The zero-order chi connectivity index (χ0) is 23.8. The average molecular weight is 465 g/mol. The van der Waals surface area contributed by atoms with Gasteiger partial charge < -0.3 is 29.9 Å². The van der Waals surface area contributed by atoms with E-state index in [-0.39, 0.29) is 0 Å². The molecule has 0 saturated carbocycles. The normalized spacial score (nSPS) is 25.1. The number of H-pyrrole nitrogens is 1. The van der Waals surface area contributed by atoms with Gasteiger partial charge in [0, 0.05) is 5.69 Å². The quantitative estimate of drug-likeness (QED) is 0.295. The number of aliphatic hydroxyl groups is 4. The molecule has 0 radical (unpaired) electrons. The number of aliphatic hydroxyl groups excluding tert-OH is 4. The van der Waals surface area contributed by atoms with Gasteiger partial charge in [0.05, 0.1) is 17.5 Å². The van der Waals surface area contributed by atoms with Crippen molar-refractivity contribution in [3.8, 4) is 5.75 Å². The molecule has 1 fully saturated rings. The van der Waals surface area contributed by atoms with Crippen molar-refractivity contribution in [3.05, 3.63) is 71.4 Å². The molecule has 2 heterocycles. The van der Waals surface area contributed by atoms with Crippen molar-refractivity contribution in [2.75, 3.05) is 6.61 Å². The zero-order valence-corrected chi connectivity index (χ0v) is 18.8. The number of aryl methyl sites for hydroxylation is 3. The second kappa shape index (κ2) is 9.32. The molecule has 3 aromatic carbocycles. The summed E-state index contributed by atoms with van der Waals surface area (Å²) < 4.78 is 11.6. The van der Waals surface area contributed by atoms with E-state index in [0.29, 0.717) is 17.7 Å². The van der Waals surface area contributed by atoms with E-state index in [1.54, 1.807) is 0 Å². The summed E-state index contributed by atoms with van der Waals surface area (Å²) in [5.74, 6) is 0.446. The maximum absolute atomic E-state index is 10.4. The highest BCUT2D eigenvalue weighted by atomic mass is 16.7. The van der Waals surface area contributed by atoms with Gasteiger partial charge in [0.2, 0.25) is 6.29 Å². The molecule has 5 atom stereocenters. The standard InChI is InChI=1S/C26H28N2O6/c1-14-10-19-22(20(11-14)33-26-25(32)24(31)23(30)21(13-29)34-26)18(27-28-19)9-7-15-6-8-16-4-2-3-5-17(16)12-15/h2-6,8,10-12,21,23-26,29-32H,7,9,13H2,1H3,(H,27,28)/t21-,23-,24+,25-,26-/m1/s1. The number of benzene rings is 3. The summed E-state index contributed by atoms with van der Waals surface area (Å²) in [6.45, 7) is 1.39. The topological polar surface area (TPSA) is 128 Å². The maximum atomic E-state index is 10.4. The first-order valence-corrected chi connectivity index (χ1v) is 11.4. The molecular formula is C26H28N2O6. The molecule has 1 aromatic heterocycles. The summed E-state index contributed by atoms with van der Waals surface area (Å²) in [7, 11) is 0. The van der Waals surface area contributed by atoms with Crippen molar-refractivity contribution >= 4 is 21.7 Å². The van der Waals surface area contributed by atoms with E-state index in [0.717, 1.165) is 23.1 Å². The maximum Gasteiger partial charge on any atom is 0.229 e. The first-order chi connectivity index (χ1) is 16.4. The number of aromatic nitrogens is 2. The molecule has 8 heteroatoms. The SMILES string of the molecule is Cc1cc(O[C@@H]2O[C@H](CO)[C@@H](O)[C@H](O)[C@H]2O)c2c(CCc3ccc4ccccc4c3)[nH]nc2c1. The minimum Gasteiger partial charge on any atom is -0.461 e. The molecule has 4 aromatic rings. The molecule has 1 aliphatic rings. The third kappa shape index (κ3) is 4.26. The molecular weight excluding hydrogens is 436 g/mol. The molecule has 5 N–H and O–H groups in total. The highest BCUT2D eigenvalue weighted by Gasteiger charge is 2.44. The molecule has 0 bridgehead atoms. The van der Waals surface area contributed by atoms with Crippen LogP contribution in [0.15, 0.2) is 54.6 Å². The van der Waals surface area contributed by atoms with Crippen LogP contribution in [0, 0.1) is 6.92 Å². The lowest BCUT2D eigenvalue weighted by molar-refractivity contribution is -0.277. The van der Waals surface area contributed by atoms with E-state index in [1.165, 1.54) is 16.3 Å². The van der Waals surface area contributed by atoms with Crippen LogP contribution in [0.3, 0.4) is 0 Å². The predicted molar refractivity (Wildman–Crippen MR) is 127 cm³/mol. The Morgan fingerprint density at radius 2 is 1.74 bits per heavy atom. The molecule has 178 valence electrons. The lowest BCUT2D eigenvalue weighted by atomic mass is 9.99. The van der Waals surface area contributed by atoms with Crippen molar-refractivity contribution in [2.24, 2.45) is 0 Å². The summed E-state index contributed by atoms with van der Waals surface area (Å²) in [6, 6.07) is 18.4. The molecule has 0 unspecified atom stereocenters. The summed E-state index contributed by atoms with van der Waals surface area (Å²) >= 11 is 0. The number of aromatic amines is 1. The van der Waals surface area contributed by atoms with E-state index < -0.39 is 37.3 Å². The largest absolute Gasteiger partial charge is 0.461 e. The van der Waals surface area contributed by atoms with Gasteiger partial charge in [-0.15, -0.1) is 0 Å². The fourth-order valence-corrected chi connectivity index (χ4v) is 4.54. The van der Waals surface area contributed by atoms with E-state index in [1.807, 2.05) is 31.2 Å². The molecule has 1 saturated heterocycles. The third-order valence-electron chi connectivity index (χ3n) is 6.41. The first-order valence-electron chi connectivity index (χ1n) is 11.4. The van der Waals surface area contributed by atoms with Gasteiger partial charge in [-0.05, 0) is 53.8 Å². The van der Waals surface area contributed by atoms with E-state index in [2.05, 4.69) is 40.5 Å². The van der Waals surface area contributed by atoms with Crippen LogP contribution >= 0.6 is 0 Å². The highest BCUT2D eigenvalue weighted by Crippen LogP contribution is 2.33. The molecule has 0 spiro atoms. The van der Waals surface area contributed by atoms with Gasteiger partial charge >= 0.3 is 0 Å². The Balaban J connectivity index is 1.42. The fraction of sp³-hybridized carbons (Fsp3) is 0.346. The second-order valence-corrected chi connectivity index (χ2v) is 8.86. The summed E-state index contributed by atoms with van der Waals surface area (Å²) in [5.41, 5.74) is 3.69. The van der Waals surface area contributed by atoms with Crippen LogP contribution in [0.4, 0.5) is 0 Å². The Kier molecular flexibility index (Phi) is 6.24. The van der Waals surface area contributed by atoms with Crippen LogP contribution in [0.25, 0.3) is 21.7 Å². The molecule has 0 aliphatic carbocycles. The average Bonchev–Trinajstić information content (AvgIpc) is 3.25. The van der Waals surface area contributed by atoms with Gasteiger partial charge in [-0.2, -0.15) is 5.10 Å². The lowest BCUT2D eigenvalue weighted by Gasteiger charge is -2.39. The van der Waals surface area contributed by atoms with Gasteiger partial charge in [0.15, 0.2) is 0 Å². The Morgan fingerprint density at radius 1 is 0.941 bits per heavy atom. The number of hydrogen-bond donors (Lipinski definition) is 5. The zero-order valence-electron chi connectivity index (χ0n) is 18.8. The Morgan fingerprint density at radius 3 is 2.53 bits per heavy atom. The third-order valence-corrected chi connectivity index (χ3v) is 6.41. The number of ether oxygens (including phenoxy) is 2. The molecule has 8 nitrogen and oxygen atoms in total. The van der Waals surface area contributed by atoms with Gasteiger partial charge in [-0.3, -0.25) is 5.10 Å². The van der Waals surface area contributed by atoms with Crippen LogP contribution in [0.1, 0.15) is 16.8 Å². The summed E-state index contributed by atoms with van der Waals surface area (Å²) in [6.07, 6.45) is -5.26. The summed E-state index contributed by atoms with van der Waals surface area (Å²) in [5, 5.41) is 50.8. The molecule has 0 amide bonds. The van der Waals surface area contributed by atoms with Crippen molar-refractivity contribution in [1.82, 2.24) is 10.2 Å². The summed E-state index contributed by atoms with van der Waals surface area (Å²) in [4.78, 5) is 0. The Bertz CT molecular complexity index is 1300. The number of hydrogen-bond acceptors (Lipinski definition) is 7.